The summed E-state index contributed by atoms with van der Waals surface area (Å²) in [5.74, 6) is 0. The number of nitrogens with one attached hydrogen (secondary N) is 1. The Hall–Kier alpha value is -1.49. The smallest absolute Gasteiger partial charge is 0.350 e. The minimum atomic E-state index is -4.29. The van der Waals surface area contributed by atoms with Crippen molar-refractivity contribution in [3.8, 4) is 0 Å². The van der Waals surface area contributed by atoms with Crippen LogP contribution < -0.4 is 5.32 Å². The fraction of sp³-hybridized carbons (Fsp3) is 0.429. The average molecular weight is 270 g/mol. The summed E-state index contributed by atoms with van der Waals surface area (Å²) in [6.45, 7) is 0.900. The third kappa shape index (κ3) is 2.92. The molecular weight excluding hydrogens is 253 g/mol. The van der Waals surface area contributed by atoms with Gasteiger partial charge in [0.25, 0.3) is 0 Å². The minimum Gasteiger partial charge on any atom is -0.350 e. The molecule has 0 aliphatic heterocycles. The second kappa shape index (κ2) is 5.25. The van der Waals surface area contributed by atoms with Crippen molar-refractivity contribution in [2.24, 2.45) is 7.05 Å². The highest BCUT2D eigenvalue weighted by Gasteiger charge is 2.30. The van der Waals surface area contributed by atoms with E-state index in [0.29, 0.717) is 5.52 Å². The molecule has 1 aromatic heterocycles. The van der Waals surface area contributed by atoms with Crippen LogP contribution >= 0.6 is 0 Å². The van der Waals surface area contributed by atoms with E-state index in [1.54, 1.807) is 17.7 Å². The number of aryl methyl sites for hydroxylation is 2. The maximum Gasteiger partial charge on any atom is 0.416 e. The molecular formula is C14H17F3N2. The van der Waals surface area contributed by atoms with E-state index in [4.69, 9.17) is 0 Å². The molecule has 0 fully saturated rings. The lowest BCUT2D eigenvalue weighted by Crippen LogP contribution is -2.08. The van der Waals surface area contributed by atoms with Gasteiger partial charge in [0.2, 0.25) is 0 Å². The van der Waals surface area contributed by atoms with Crippen molar-refractivity contribution in [3.05, 3.63) is 35.5 Å². The molecule has 5 heteroatoms. The van der Waals surface area contributed by atoms with Crippen LogP contribution in [-0.2, 0) is 19.6 Å². The van der Waals surface area contributed by atoms with E-state index < -0.39 is 11.7 Å². The number of hydrogen-bond donors (Lipinski definition) is 1. The molecule has 1 heterocycles. The first-order valence-corrected chi connectivity index (χ1v) is 6.23. The topological polar surface area (TPSA) is 17.0 Å². The van der Waals surface area contributed by atoms with E-state index in [1.165, 1.54) is 6.07 Å². The third-order valence-electron chi connectivity index (χ3n) is 3.27. The average Bonchev–Trinajstić information content (AvgIpc) is 2.66. The molecule has 2 nitrogen and oxygen atoms in total. The molecule has 0 aliphatic rings. The minimum absolute atomic E-state index is 0.594. The van der Waals surface area contributed by atoms with Crippen molar-refractivity contribution in [2.75, 3.05) is 13.6 Å². The van der Waals surface area contributed by atoms with Crippen LogP contribution in [0.1, 0.15) is 17.5 Å². The molecule has 0 aliphatic carbocycles. The number of fused-ring (bicyclic) bond motifs is 1. The quantitative estimate of drug-likeness (QED) is 0.843. The molecule has 0 amide bonds. The number of halogens is 3. The molecule has 19 heavy (non-hydrogen) atoms. The summed E-state index contributed by atoms with van der Waals surface area (Å²) in [5.41, 5.74) is 1.14. The van der Waals surface area contributed by atoms with E-state index in [0.717, 1.165) is 36.4 Å². The first kappa shape index (κ1) is 13.9. The highest BCUT2D eigenvalue weighted by molar-refractivity contribution is 5.84. The van der Waals surface area contributed by atoms with Crippen molar-refractivity contribution in [1.82, 2.24) is 9.88 Å². The van der Waals surface area contributed by atoms with Crippen molar-refractivity contribution in [2.45, 2.75) is 19.0 Å². The van der Waals surface area contributed by atoms with E-state index in [-0.39, 0.29) is 0 Å². The fourth-order valence-corrected chi connectivity index (χ4v) is 2.30. The predicted molar refractivity (Wildman–Crippen MR) is 70.2 cm³/mol. The summed E-state index contributed by atoms with van der Waals surface area (Å²) in [6.07, 6.45) is -0.536. The summed E-state index contributed by atoms with van der Waals surface area (Å²) in [6, 6.07) is 3.95. The molecule has 0 radical (unpaired) electrons. The lowest BCUT2D eigenvalue weighted by molar-refractivity contribution is -0.137. The Kier molecular flexibility index (Phi) is 3.85. The van der Waals surface area contributed by atoms with Gasteiger partial charge in [-0.05, 0) is 44.1 Å². The monoisotopic (exact) mass is 270 g/mol. The van der Waals surface area contributed by atoms with E-state index in [2.05, 4.69) is 5.32 Å². The first-order valence-electron chi connectivity index (χ1n) is 6.23. The zero-order valence-corrected chi connectivity index (χ0v) is 11.0. The Bertz CT molecular complexity index is 570. The Morgan fingerprint density at radius 3 is 2.63 bits per heavy atom. The molecule has 0 bridgehead atoms. The van der Waals surface area contributed by atoms with Gasteiger partial charge in [-0.1, -0.05) is 6.07 Å². The van der Waals surface area contributed by atoms with Gasteiger partial charge < -0.3 is 9.88 Å². The van der Waals surface area contributed by atoms with Gasteiger partial charge in [-0.15, -0.1) is 0 Å². The highest BCUT2D eigenvalue weighted by Crippen LogP contribution is 2.32. The summed E-state index contributed by atoms with van der Waals surface area (Å²) in [7, 11) is 3.67. The summed E-state index contributed by atoms with van der Waals surface area (Å²) < 4.78 is 39.8. The van der Waals surface area contributed by atoms with E-state index in [9.17, 15) is 13.2 Å². The third-order valence-corrected chi connectivity index (χ3v) is 3.27. The molecule has 0 spiro atoms. The van der Waals surface area contributed by atoms with E-state index in [1.807, 2.05) is 13.2 Å². The number of alkyl halides is 3. The number of hydrogen-bond acceptors (Lipinski definition) is 1. The molecule has 0 saturated heterocycles. The molecule has 104 valence electrons. The van der Waals surface area contributed by atoms with Crippen molar-refractivity contribution in [1.29, 1.82) is 0 Å². The van der Waals surface area contributed by atoms with Gasteiger partial charge in [0, 0.05) is 24.1 Å². The predicted octanol–water partition coefficient (Wildman–Crippen LogP) is 3.35. The Morgan fingerprint density at radius 2 is 2.00 bits per heavy atom. The maximum absolute atomic E-state index is 12.7. The van der Waals surface area contributed by atoms with Gasteiger partial charge >= 0.3 is 6.18 Å². The molecule has 0 unspecified atom stereocenters. The highest BCUT2D eigenvalue weighted by atomic mass is 19.4. The summed E-state index contributed by atoms with van der Waals surface area (Å²) >= 11 is 0. The van der Waals surface area contributed by atoms with Crippen LogP contribution in [0.15, 0.2) is 24.4 Å². The van der Waals surface area contributed by atoms with Crippen LogP contribution in [0.25, 0.3) is 10.9 Å². The van der Waals surface area contributed by atoms with Gasteiger partial charge in [-0.2, -0.15) is 13.2 Å². The Balaban J connectivity index is 2.37. The molecule has 1 N–H and O–H groups in total. The fourth-order valence-electron chi connectivity index (χ4n) is 2.30. The van der Waals surface area contributed by atoms with Crippen molar-refractivity contribution >= 4 is 10.9 Å². The largest absolute Gasteiger partial charge is 0.416 e. The SMILES string of the molecule is CNCCCc1cn(C)c2cc(C(F)(F)F)ccc12. The lowest BCUT2D eigenvalue weighted by Gasteiger charge is -2.07. The zero-order valence-electron chi connectivity index (χ0n) is 11.0. The van der Waals surface area contributed by atoms with Gasteiger partial charge in [-0.25, -0.2) is 0 Å². The first-order chi connectivity index (χ1) is 8.93. The number of benzene rings is 1. The second-order valence-corrected chi connectivity index (χ2v) is 4.70. The van der Waals surface area contributed by atoms with Crippen LogP contribution in [0.2, 0.25) is 0 Å². The second-order valence-electron chi connectivity index (χ2n) is 4.70. The number of aromatic nitrogens is 1. The van der Waals surface area contributed by atoms with Gasteiger partial charge in [-0.3, -0.25) is 0 Å². The van der Waals surface area contributed by atoms with Gasteiger partial charge in [0.1, 0.15) is 0 Å². The van der Waals surface area contributed by atoms with Gasteiger partial charge in [0.15, 0.2) is 0 Å². The molecule has 2 aromatic rings. The molecule has 2 rings (SSSR count). The summed E-state index contributed by atoms with van der Waals surface area (Å²) in [5, 5.41) is 3.98. The normalized spacial score (nSPS) is 12.3. The Morgan fingerprint density at radius 1 is 1.26 bits per heavy atom. The van der Waals surface area contributed by atoms with Crippen molar-refractivity contribution < 1.29 is 13.2 Å². The van der Waals surface area contributed by atoms with Crippen LogP contribution in [0.5, 0.6) is 0 Å². The Labute approximate surface area is 110 Å². The maximum atomic E-state index is 12.7. The molecule has 1 aromatic carbocycles. The summed E-state index contributed by atoms with van der Waals surface area (Å²) in [4.78, 5) is 0. The number of nitrogens with zero attached hydrogens (tertiary/aromatic N) is 1. The molecule has 0 atom stereocenters. The standard InChI is InChI=1S/C14H17F3N2/c1-18-7-3-4-10-9-19(2)13-8-11(14(15,16)17)5-6-12(10)13/h5-6,8-9,18H,3-4,7H2,1-2H3. The van der Waals surface area contributed by atoms with E-state index >= 15 is 0 Å². The van der Waals surface area contributed by atoms with Crippen LogP contribution in [-0.4, -0.2) is 18.2 Å². The molecule has 0 saturated carbocycles. The van der Waals surface area contributed by atoms with Gasteiger partial charge in [0.05, 0.1) is 5.56 Å². The van der Waals surface area contributed by atoms with Crippen LogP contribution in [0.3, 0.4) is 0 Å². The van der Waals surface area contributed by atoms with Crippen LogP contribution in [0.4, 0.5) is 13.2 Å². The van der Waals surface area contributed by atoms with Crippen LogP contribution in [0, 0.1) is 0 Å². The zero-order chi connectivity index (χ0) is 14.0. The van der Waals surface area contributed by atoms with Crippen molar-refractivity contribution in [3.63, 3.8) is 0 Å². The number of rotatable bonds is 4. The lowest BCUT2D eigenvalue weighted by atomic mass is 10.1.